The van der Waals surface area contributed by atoms with E-state index >= 15 is 0 Å². The average molecular weight is 365 g/mol. The summed E-state index contributed by atoms with van der Waals surface area (Å²) in [5.41, 5.74) is 1.34. The first-order valence-corrected chi connectivity index (χ1v) is 8.77. The number of hydrogen-bond donors (Lipinski definition) is 1. The zero-order valence-electron chi connectivity index (χ0n) is 10.3. The van der Waals surface area contributed by atoms with Gasteiger partial charge in [0.25, 0.3) is 0 Å². The highest BCUT2D eigenvalue weighted by Crippen LogP contribution is 2.25. The van der Waals surface area contributed by atoms with Crippen LogP contribution in [0.1, 0.15) is 25.7 Å². The van der Waals surface area contributed by atoms with Crippen LogP contribution in [0.25, 0.3) is 0 Å². The Kier molecular flexibility index (Phi) is 5.06. The molecule has 1 aliphatic carbocycles. The molecule has 1 aromatic rings. The minimum absolute atomic E-state index is 0.123. The second-order valence-corrected chi connectivity index (χ2v) is 7.54. The molecule has 0 bridgehead atoms. The summed E-state index contributed by atoms with van der Waals surface area (Å²) < 4.78 is 27.6. The lowest BCUT2D eigenvalue weighted by atomic mass is 10.2. The van der Waals surface area contributed by atoms with Crippen LogP contribution >= 0.6 is 27.5 Å². The highest BCUT2D eigenvalue weighted by Gasteiger charge is 2.17. The van der Waals surface area contributed by atoms with E-state index in [9.17, 15) is 8.42 Å². The van der Waals surface area contributed by atoms with Crippen LogP contribution < -0.4 is 4.72 Å². The van der Waals surface area contributed by atoms with Crippen molar-refractivity contribution in [2.24, 2.45) is 0 Å². The molecule has 0 aliphatic heterocycles. The average Bonchev–Trinajstić information content (AvgIpc) is 2.81. The minimum Gasteiger partial charge on any atom is -0.211 e. The van der Waals surface area contributed by atoms with Gasteiger partial charge in [0, 0.05) is 11.0 Å². The molecule has 104 valence electrons. The normalized spacial score (nSPS) is 15.6. The summed E-state index contributed by atoms with van der Waals surface area (Å²) in [6, 6.07) is 4.75. The molecule has 0 saturated heterocycles. The van der Waals surface area contributed by atoms with Crippen molar-refractivity contribution in [2.45, 2.75) is 30.6 Å². The molecular formula is C13H15BrClNO2S. The summed E-state index contributed by atoms with van der Waals surface area (Å²) in [4.78, 5) is 0.123. The molecule has 0 heterocycles. The van der Waals surface area contributed by atoms with Gasteiger partial charge in [0.2, 0.25) is 10.0 Å². The SMILES string of the molecule is O=S(=O)(NCCC1=CCCC1)c1ccc(Br)cc1Cl. The molecule has 1 aliphatic rings. The van der Waals surface area contributed by atoms with E-state index in [0.717, 1.165) is 23.7 Å². The zero-order chi connectivity index (χ0) is 13.9. The van der Waals surface area contributed by atoms with Crippen LogP contribution in [-0.4, -0.2) is 15.0 Å². The third-order valence-corrected chi connectivity index (χ3v) is 5.49. The van der Waals surface area contributed by atoms with E-state index in [2.05, 4.69) is 26.7 Å². The number of hydrogen-bond acceptors (Lipinski definition) is 2. The molecule has 0 fully saturated rings. The first kappa shape index (κ1) is 15.0. The van der Waals surface area contributed by atoms with Gasteiger partial charge in [0.15, 0.2) is 0 Å². The van der Waals surface area contributed by atoms with E-state index in [1.165, 1.54) is 18.1 Å². The van der Waals surface area contributed by atoms with Crippen molar-refractivity contribution < 1.29 is 8.42 Å². The lowest BCUT2D eigenvalue weighted by Gasteiger charge is -2.09. The standard InChI is InChI=1S/C13H15BrClNO2S/c14-11-5-6-13(12(15)9-11)19(17,18)16-8-7-10-3-1-2-4-10/h3,5-6,9,16H,1-2,4,7-8H2. The van der Waals surface area contributed by atoms with Crippen LogP contribution in [0.4, 0.5) is 0 Å². The maximum Gasteiger partial charge on any atom is 0.242 e. The third-order valence-electron chi connectivity index (χ3n) is 3.06. The number of nitrogens with one attached hydrogen (secondary N) is 1. The number of benzene rings is 1. The zero-order valence-corrected chi connectivity index (χ0v) is 13.5. The van der Waals surface area contributed by atoms with Crippen LogP contribution in [0.3, 0.4) is 0 Å². The van der Waals surface area contributed by atoms with E-state index in [1.54, 1.807) is 12.1 Å². The third kappa shape index (κ3) is 4.05. The first-order chi connectivity index (χ1) is 8.99. The van der Waals surface area contributed by atoms with Crippen molar-refractivity contribution in [1.82, 2.24) is 4.72 Å². The Hall–Kier alpha value is -0.360. The Morgan fingerprint density at radius 3 is 2.79 bits per heavy atom. The summed E-state index contributed by atoms with van der Waals surface area (Å²) in [7, 11) is -3.53. The lowest BCUT2D eigenvalue weighted by Crippen LogP contribution is -2.25. The van der Waals surface area contributed by atoms with Gasteiger partial charge < -0.3 is 0 Å². The number of allylic oxidation sites excluding steroid dienone is 1. The summed E-state index contributed by atoms with van der Waals surface area (Å²) in [5.74, 6) is 0. The second-order valence-electron chi connectivity index (χ2n) is 4.48. The monoisotopic (exact) mass is 363 g/mol. The van der Waals surface area contributed by atoms with E-state index < -0.39 is 10.0 Å². The molecule has 1 aromatic carbocycles. The van der Waals surface area contributed by atoms with Crippen LogP contribution in [0.2, 0.25) is 5.02 Å². The van der Waals surface area contributed by atoms with Crippen molar-refractivity contribution >= 4 is 37.6 Å². The number of halogens is 2. The molecule has 1 N–H and O–H groups in total. The first-order valence-electron chi connectivity index (χ1n) is 6.12. The molecule has 0 radical (unpaired) electrons. The van der Waals surface area contributed by atoms with Gasteiger partial charge in [0.1, 0.15) is 4.90 Å². The maximum atomic E-state index is 12.1. The summed E-state index contributed by atoms with van der Waals surface area (Å²) >= 11 is 9.21. The van der Waals surface area contributed by atoms with Gasteiger partial charge in [0.05, 0.1) is 5.02 Å². The molecular weight excluding hydrogens is 350 g/mol. The predicted molar refractivity (Wildman–Crippen MR) is 80.9 cm³/mol. The molecule has 0 atom stereocenters. The largest absolute Gasteiger partial charge is 0.242 e. The van der Waals surface area contributed by atoms with Crippen LogP contribution in [0.15, 0.2) is 39.2 Å². The number of rotatable bonds is 5. The summed E-state index contributed by atoms with van der Waals surface area (Å²) in [6.07, 6.45) is 6.34. The van der Waals surface area contributed by atoms with Gasteiger partial charge >= 0.3 is 0 Å². The van der Waals surface area contributed by atoms with Crippen molar-refractivity contribution in [3.8, 4) is 0 Å². The minimum atomic E-state index is -3.53. The predicted octanol–water partition coefficient (Wildman–Crippen LogP) is 3.88. The molecule has 0 aromatic heterocycles. The molecule has 6 heteroatoms. The van der Waals surface area contributed by atoms with E-state index in [-0.39, 0.29) is 9.92 Å². The van der Waals surface area contributed by atoms with Gasteiger partial charge in [-0.1, -0.05) is 39.2 Å². The molecule has 2 rings (SSSR count). The molecule has 0 saturated carbocycles. The maximum absolute atomic E-state index is 12.1. The Bertz CT molecular complexity index is 599. The fourth-order valence-corrected chi connectivity index (χ4v) is 4.15. The van der Waals surface area contributed by atoms with Crippen LogP contribution in [-0.2, 0) is 10.0 Å². The van der Waals surface area contributed by atoms with Crippen molar-refractivity contribution in [1.29, 1.82) is 0 Å². The summed E-state index contributed by atoms with van der Waals surface area (Å²) in [5, 5.41) is 0.224. The lowest BCUT2D eigenvalue weighted by molar-refractivity contribution is 0.581. The smallest absolute Gasteiger partial charge is 0.211 e. The highest BCUT2D eigenvalue weighted by atomic mass is 79.9. The topological polar surface area (TPSA) is 46.2 Å². The molecule has 3 nitrogen and oxygen atoms in total. The Labute approximate surface area is 127 Å². The van der Waals surface area contributed by atoms with E-state index in [4.69, 9.17) is 11.6 Å². The van der Waals surface area contributed by atoms with Crippen molar-refractivity contribution in [3.05, 3.63) is 39.3 Å². The van der Waals surface area contributed by atoms with E-state index in [0.29, 0.717) is 6.54 Å². The van der Waals surface area contributed by atoms with Crippen LogP contribution in [0.5, 0.6) is 0 Å². The van der Waals surface area contributed by atoms with Gasteiger partial charge in [-0.3, -0.25) is 0 Å². The summed E-state index contributed by atoms with van der Waals surface area (Å²) in [6.45, 7) is 0.417. The van der Waals surface area contributed by atoms with Crippen LogP contribution in [0, 0.1) is 0 Å². The van der Waals surface area contributed by atoms with Gasteiger partial charge in [-0.05, 0) is 43.9 Å². The molecule has 19 heavy (non-hydrogen) atoms. The van der Waals surface area contributed by atoms with E-state index in [1.807, 2.05) is 0 Å². The molecule has 0 amide bonds. The van der Waals surface area contributed by atoms with Crippen molar-refractivity contribution in [2.75, 3.05) is 6.54 Å². The van der Waals surface area contributed by atoms with Gasteiger partial charge in [-0.25, -0.2) is 13.1 Å². The Morgan fingerprint density at radius 1 is 1.37 bits per heavy atom. The Morgan fingerprint density at radius 2 is 2.16 bits per heavy atom. The molecule has 0 spiro atoms. The van der Waals surface area contributed by atoms with Gasteiger partial charge in [-0.2, -0.15) is 0 Å². The Balaban J connectivity index is 2.01. The quantitative estimate of drug-likeness (QED) is 0.806. The van der Waals surface area contributed by atoms with Crippen molar-refractivity contribution in [3.63, 3.8) is 0 Å². The van der Waals surface area contributed by atoms with Gasteiger partial charge in [-0.15, -0.1) is 0 Å². The fraction of sp³-hybridized carbons (Fsp3) is 0.385. The second kappa shape index (κ2) is 6.39. The number of sulfonamides is 1. The highest BCUT2D eigenvalue weighted by molar-refractivity contribution is 9.10. The fourth-order valence-electron chi connectivity index (χ4n) is 2.08. The molecule has 0 unspecified atom stereocenters.